The lowest BCUT2D eigenvalue weighted by Gasteiger charge is -2.27. The number of methoxy groups -OCH3 is 1. The number of hydrogen-bond acceptors (Lipinski definition) is 3. The van der Waals surface area contributed by atoms with Crippen molar-refractivity contribution in [2.75, 3.05) is 13.7 Å². The maximum Gasteiger partial charge on any atom is 0.315 e. The topological polar surface area (TPSA) is 70.6 Å². The SMILES string of the molecule is COCc1ccc(CNC(=O)NCC(C)(O)C(C)C)cc1. The normalized spacial score (nSPS) is 13.8. The summed E-state index contributed by atoms with van der Waals surface area (Å²) in [5.74, 6) is 0.0751. The molecule has 0 aliphatic heterocycles. The number of aliphatic hydroxyl groups is 1. The van der Waals surface area contributed by atoms with Crippen LogP contribution in [0.25, 0.3) is 0 Å². The summed E-state index contributed by atoms with van der Waals surface area (Å²) in [7, 11) is 1.66. The third kappa shape index (κ3) is 6.14. The van der Waals surface area contributed by atoms with E-state index in [0.717, 1.165) is 11.1 Å². The minimum atomic E-state index is -0.904. The van der Waals surface area contributed by atoms with E-state index in [2.05, 4.69) is 10.6 Å². The highest BCUT2D eigenvalue weighted by molar-refractivity contribution is 5.73. The van der Waals surface area contributed by atoms with Gasteiger partial charge in [-0.25, -0.2) is 4.79 Å². The molecule has 2 amide bonds. The van der Waals surface area contributed by atoms with Gasteiger partial charge >= 0.3 is 6.03 Å². The lowest BCUT2D eigenvalue weighted by molar-refractivity contribution is 0.0166. The molecular weight excluding hydrogens is 268 g/mol. The molecule has 0 aliphatic rings. The first-order valence-corrected chi connectivity index (χ1v) is 7.16. The van der Waals surface area contributed by atoms with Gasteiger partial charge in [-0.1, -0.05) is 38.1 Å². The lowest BCUT2D eigenvalue weighted by Crippen LogP contribution is -2.47. The van der Waals surface area contributed by atoms with Crippen LogP contribution in [0.2, 0.25) is 0 Å². The number of amides is 2. The predicted molar refractivity (Wildman–Crippen MR) is 82.9 cm³/mol. The second-order valence-corrected chi connectivity index (χ2v) is 5.80. The van der Waals surface area contributed by atoms with Crippen molar-refractivity contribution < 1.29 is 14.6 Å². The molecule has 0 aromatic heterocycles. The molecule has 0 radical (unpaired) electrons. The minimum absolute atomic E-state index is 0.0751. The maximum absolute atomic E-state index is 11.7. The number of hydrogen-bond donors (Lipinski definition) is 3. The first kappa shape index (κ1) is 17.5. The number of rotatable bonds is 7. The lowest BCUT2D eigenvalue weighted by atomic mass is 9.93. The molecule has 3 N–H and O–H groups in total. The Morgan fingerprint density at radius 2 is 1.81 bits per heavy atom. The Kier molecular flexibility index (Phi) is 6.65. The standard InChI is InChI=1S/C16H26N2O3/c1-12(2)16(3,20)11-18-15(19)17-9-13-5-7-14(8-6-13)10-21-4/h5-8,12,20H,9-11H2,1-4H3,(H2,17,18,19). The van der Waals surface area contributed by atoms with E-state index in [4.69, 9.17) is 4.74 Å². The average Bonchev–Trinajstić information content (AvgIpc) is 2.44. The van der Waals surface area contributed by atoms with Gasteiger partial charge in [0.15, 0.2) is 0 Å². The van der Waals surface area contributed by atoms with Crippen LogP contribution in [0.3, 0.4) is 0 Å². The van der Waals surface area contributed by atoms with Crippen molar-refractivity contribution in [1.82, 2.24) is 10.6 Å². The molecule has 0 saturated heterocycles. The van der Waals surface area contributed by atoms with Crippen LogP contribution in [0.1, 0.15) is 31.9 Å². The Bertz CT molecular complexity index is 441. The number of nitrogens with one attached hydrogen (secondary N) is 2. The molecule has 1 aromatic carbocycles. The summed E-state index contributed by atoms with van der Waals surface area (Å²) < 4.78 is 5.05. The number of ether oxygens (including phenoxy) is 1. The molecule has 0 spiro atoms. The van der Waals surface area contributed by atoms with Crippen molar-refractivity contribution in [2.45, 2.75) is 39.5 Å². The van der Waals surface area contributed by atoms with Gasteiger partial charge in [0.2, 0.25) is 0 Å². The highest BCUT2D eigenvalue weighted by Crippen LogP contribution is 2.14. The van der Waals surface area contributed by atoms with Crippen molar-refractivity contribution in [2.24, 2.45) is 5.92 Å². The van der Waals surface area contributed by atoms with E-state index in [1.807, 2.05) is 38.1 Å². The smallest absolute Gasteiger partial charge is 0.315 e. The predicted octanol–water partition coefficient (Wildman–Crippen LogP) is 2.04. The molecule has 118 valence electrons. The summed E-state index contributed by atoms with van der Waals surface area (Å²) in [6, 6.07) is 7.58. The zero-order valence-electron chi connectivity index (χ0n) is 13.3. The van der Waals surface area contributed by atoms with Crippen molar-refractivity contribution in [3.05, 3.63) is 35.4 Å². The third-order valence-electron chi connectivity index (χ3n) is 3.64. The Morgan fingerprint density at radius 1 is 1.24 bits per heavy atom. The van der Waals surface area contributed by atoms with Crippen LogP contribution >= 0.6 is 0 Å². The number of carbonyl (C=O) groups is 1. The molecule has 1 aromatic rings. The molecule has 21 heavy (non-hydrogen) atoms. The summed E-state index contributed by atoms with van der Waals surface area (Å²) in [5.41, 5.74) is 1.21. The highest BCUT2D eigenvalue weighted by atomic mass is 16.5. The zero-order valence-corrected chi connectivity index (χ0v) is 13.3. The van der Waals surface area contributed by atoms with Crippen LogP contribution in [-0.2, 0) is 17.9 Å². The molecule has 0 fully saturated rings. The minimum Gasteiger partial charge on any atom is -0.388 e. The summed E-state index contributed by atoms with van der Waals surface area (Å²) in [6.45, 7) is 6.81. The fourth-order valence-electron chi connectivity index (χ4n) is 1.63. The third-order valence-corrected chi connectivity index (χ3v) is 3.64. The molecule has 0 heterocycles. The summed E-state index contributed by atoms with van der Waals surface area (Å²) in [4.78, 5) is 11.7. The Morgan fingerprint density at radius 3 is 2.33 bits per heavy atom. The maximum atomic E-state index is 11.7. The van der Waals surface area contributed by atoms with Crippen LogP contribution in [0.4, 0.5) is 4.79 Å². The van der Waals surface area contributed by atoms with E-state index in [9.17, 15) is 9.90 Å². The van der Waals surface area contributed by atoms with Crippen LogP contribution in [0.15, 0.2) is 24.3 Å². The molecule has 1 atom stereocenters. The van der Waals surface area contributed by atoms with Crippen molar-refractivity contribution >= 4 is 6.03 Å². The van der Waals surface area contributed by atoms with E-state index in [-0.39, 0.29) is 18.5 Å². The summed E-state index contributed by atoms with van der Waals surface area (Å²) in [5, 5.41) is 15.5. The van der Waals surface area contributed by atoms with Gasteiger partial charge in [0, 0.05) is 20.2 Å². The largest absolute Gasteiger partial charge is 0.388 e. The van der Waals surface area contributed by atoms with Crippen LogP contribution in [0.5, 0.6) is 0 Å². The molecule has 5 nitrogen and oxygen atoms in total. The monoisotopic (exact) mass is 294 g/mol. The van der Waals surface area contributed by atoms with Crippen molar-refractivity contribution in [3.8, 4) is 0 Å². The highest BCUT2D eigenvalue weighted by Gasteiger charge is 2.25. The Labute approximate surface area is 126 Å². The van der Waals surface area contributed by atoms with Gasteiger partial charge in [0.05, 0.1) is 12.2 Å². The summed E-state index contributed by atoms with van der Waals surface area (Å²) in [6.07, 6.45) is 0. The van der Waals surface area contributed by atoms with Crippen LogP contribution < -0.4 is 10.6 Å². The molecule has 1 rings (SSSR count). The van der Waals surface area contributed by atoms with Crippen LogP contribution in [-0.4, -0.2) is 30.4 Å². The van der Waals surface area contributed by atoms with Gasteiger partial charge in [-0.05, 0) is 24.0 Å². The number of benzene rings is 1. The Hall–Kier alpha value is -1.59. The molecule has 5 heteroatoms. The zero-order chi connectivity index (χ0) is 15.9. The van der Waals surface area contributed by atoms with Gasteiger partial charge in [0.1, 0.15) is 0 Å². The van der Waals surface area contributed by atoms with Crippen LogP contribution in [0, 0.1) is 5.92 Å². The van der Waals surface area contributed by atoms with Crippen molar-refractivity contribution in [1.29, 1.82) is 0 Å². The van der Waals surface area contributed by atoms with Crippen molar-refractivity contribution in [3.63, 3.8) is 0 Å². The summed E-state index contributed by atoms with van der Waals surface area (Å²) >= 11 is 0. The molecule has 1 unspecified atom stereocenters. The van der Waals surface area contributed by atoms with E-state index in [1.165, 1.54) is 0 Å². The van der Waals surface area contributed by atoms with E-state index >= 15 is 0 Å². The second kappa shape index (κ2) is 8.00. The Balaban J connectivity index is 2.36. The van der Waals surface area contributed by atoms with E-state index in [0.29, 0.717) is 13.2 Å². The first-order valence-electron chi connectivity index (χ1n) is 7.16. The van der Waals surface area contributed by atoms with Gasteiger partial charge < -0.3 is 20.5 Å². The van der Waals surface area contributed by atoms with E-state index < -0.39 is 5.60 Å². The average molecular weight is 294 g/mol. The molecule has 0 bridgehead atoms. The first-order chi connectivity index (χ1) is 9.85. The van der Waals surface area contributed by atoms with Gasteiger partial charge in [-0.15, -0.1) is 0 Å². The van der Waals surface area contributed by atoms with Gasteiger partial charge in [-0.3, -0.25) is 0 Å². The number of urea groups is 1. The van der Waals surface area contributed by atoms with Gasteiger partial charge in [0.25, 0.3) is 0 Å². The second-order valence-electron chi connectivity index (χ2n) is 5.80. The molecular formula is C16H26N2O3. The fourth-order valence-corrected chi connectivity index (χ4v) is 1.63. The fraction of sp³-hybridized carbons (Fsp3) is 0.562. The van der Waals surface area contributed by atoms with Gasteiger partial charge in [-0.2, -0.15) is 0 Å². The molecule has 0 saturated carbocycles. The molecule has 0 aliphatic carbocycles. The quantitative estimate of drug-likeness (QED) is 0.720. The number of carbonyl (C=O) groups excluding carboxylic acids is 1. The van der Waals surface area contributed by atoms with E-state index in [1.54, 1.807) is 14.0 Å².